The molecule has 7 heterocycles. The van der Waals surface area contributed by atoms with Crippen molar-refractivity contribution in [3.63, 3.8) is 0 Å². The maximum atomic E-state index is 14.7. The summed E-state index contributed by atoms with van der Waals surface area (Å²) in [5.41, 5.74) is 8.54. The van der Waals surface area contributed by atoms with Gasteiger partial charge >= 0.3 is 5.97 Å². The van der Waals surface area contributed by atoms with Gasteiger partial charge < -0.3 is 29.2 Å². The largest absolute Gasteiger partial charge is 0.464 e. The molecule has 3 saturated heterocycles. The third kappa shape index (κ3) is 8.84. The fraction of sp³-hybridized carbons (Fsp3) is 0.531. The van der Waals surface area contributed by atoms with Crippen LogP contribution in [-0.4, -0.2) is 117 Å². The highest BCUT2D eigenvalue weighted by molar-refractivity contribution is 7.10. The number of pyridine rings is 1. The second-order valence-electron chi connectivity index (χ2n) is 19.2. The first kappa shape index (κ1) is 46.1. The maximum Gasteiger partial charge on any atom is 0.324 e. The number of fused-ring (bicyclic) bond motifs is 6. The van der Waals surface area contributed by atoms with Crippen LogP contribution in [0.5, 0.6) is 0 Å². The van der Waals surface area contributed by atoms with E-state index in [9.17, 15) is 24.0 Å². The summed E-state index contributed by atoms with van der Waals surface area (Å²) in [6.07, 6.45) is 5.52. The topological polar surface area (TPSA) is 168 Å². The minimum atomic E-state index is -1.07. The lowest BCUT2D eigenvalue weighted by molar-refractivity contribution is -0.155. The Labute approximate surface area is 384 Å². The van der Waals surface area contributed by atoms with Crippen LogP contribution in [0.3, 0.4) is 0 Å². The fourth-order valence-corrected chi connectivity index (χ4v) is 11.2. The first-order chi connectivity index (χ1) is 31.1. The van der Waals surface area contributed by atoms with Crippen molar-refractivity contribution in [2.75, 3.05) is 39.9 Å². The Morgan fingerprint density at radius 1 is 1.12 bits per heavy atom. The molecule has 0 saturated carbocycles. The van der Waals surface area contributed by atoms with Crippen molar-refractivity contribution in [1.29, 1.82) is 0 Å². The van der Waals surface area contributed by atoms with E-state index in [-0.39, 0.29) is 43.4 Å². The summed E-state index contributed by atoms with van der Waals surface area (Å²) >= 11 is 1.41. The van der Waals surface area contributed by atoms with Gasteiger partial charge in [-0.1, -0.05) is 40.3 Å². The van der Waals surface area contributed by atoms with Crippen molar-refractivity contribution in [2.24, 2.45) is 16.7 Å². The number of carbonyl (C=O) groups is 5. The van der Waals surface area contributed by atoms with E-state index >= 15 is 0 Å². The van der Waals surface area contributed by atoms with Crippen molar-refractivity contribution in [1.82, 2.24) is 40.1 Å². The zero-order valence-electron chi connectivity index (χ0n) is 38.6. The quantitative estimate of drug-likeness (QED) is 0.153. The van der Waals surface area contributed by atoms with Gasteiger partial charge in [-0.05, 0) is 87.8 Å². The van der Waals surface area contributed by atoms with E-state index in [1.54, 1.807) is 23.1 Å². The third-order valence-electron chi connectivity index (χ3n) is 13.8. The summed E-state index contributed by atoms with van der Waals surface area (Å²) < 4.78 is 14.2. The summed E-state index contributed by atoms with van der Waals surface area (Å²) in [6.45, 7) is 18.0. The van der Waals surface area contributed by atoms with Gasteiger partial charge in [0.05, 0.1) is 40.2 Å². The zero-order chi connectivity index (χ0) is 46.4. The van der Waals surface area contributed by atoms with E-state index in [0.29, 0.717) is 63.3 Å². The number of rotatable bonds is 9. The van der Waals surface area contributed by atoms with E-state index in [4.69, 9.17) is 19.4 Å². The van der Waals surface area contributed by atoms with Gasteiger partial charge in [-0.25, -0.2) is 10.4 Å². The molecule has 5 atom stereocenters. The number of thiazole rings is 1. The zero-order valence-corrected chi connectivity index (χ0v) is 39.5. The number of aromatic nitrogens is 3. The van der Waals surface area contributed by atoms with Crippen molar-refractivity contribution in [2.45, 2.75) is 111 Å². The molecule has 0 radical (unpaired) electrons. The number of hydrogen-bond donors (Lipinski definition) is 2. The maximum absolute atomic E-state index is 14.7. The number of ether oxygens (including phenoxy) is 2. The number of likely N-dealkylation sites (tertiary alicyclic amines) is 2. The van der Waals surface area contributed by atoms with Crippen LogP contribution in [0.25, 0.3) is 33.4 Å². The highest BCUT2D eigenvalue weighted by Crippen LogP contribution is 2.44. The number of benzene rings is 1. The van der Waals surface area contributed by atoms with Gasteiger partial charge in [0.15, 0.2) is 0 Å². The SMILES string of the molecule is C=CC(=O)N1CC[C@]2(CCN(C(C(=O)N[C@H]3Cc4nc(cs4)-c4ccc5c(c4)c(c(-c4cccnc4[C@H](C)OC)n5CC)CC(C)(C)COC(=O)[C@@H]4CCCN(N4)C3=O)C(C)C)C2=O)C1. The van der Waals surface area contributed by atoms with Gasteiger partial charge in [-0.3, -0.25) is 34.0 Å². The van der Waals surface area contributed by atoms with Crippen LogP contribution < -0.4 is 10.7 Å². The predicted molar refractivity (Wildman–Crippen MR) is 248 cm³/mol. The molecule has 8 rings (SSSR count). The van der Waals surface area contributed by atoms with E-state index in [2.05, 4.69) is 66.9 Å². The average Bonchev–Trinajstić information content (AvgIpc) is 4.10. The Balaban J connectivity index is 1.17. The van der Waals surface area contributed by atoms with E-state index in [1.165, 1.54) is 22.4 Å². The molecule has 6 bridgehead atoms. The lowest BCUT2D eigenvalue weighted by Gasteiger charge is -2.36. The summed E-state index contributed by atoms with van der Waals surface area (Å²) in [5.74, 6) is -1.96. The molecule has 16 heteroatoms. The molecule has 0 aliphatic carbocycles. The Bertz CT molecular complexity index is 2510. The first-order valence-corrected chi connectivity index (χ1v) is 23.8. The van der Waals surface area contributed by atoms with Gasteiger partial charge in [0.2, 0.25) is 17.7 Å². The molecule has 4 aromatic rings. The van der Waals surface area contributed by atoms with Crippen LogP contribution in [0.1, 0.15) is 89.6 Å². The van der Waals surface area contributed by atoms with Gasteiger partial charge in [0.1, 0.15) is 18.1 Å². The molecular weight excluding hydrogens is 845 g/mol. The van der Waals surface area contributed by atoms with Crippen molar-refractivity contribution in [3.8, 4) is 22.5 Å². The normalized spacial score (nSPS) is 23.5. The molecule has 65 heavy (non-hydrogen) atoms. The van der Waals surface area contributed by atoms with Crippen molar-refractivity contribution < 1.29 is 33.4 Å². The standard InChI is InChI=1S/C49H62N8O7S/c1-9-40(58)54-21-17-49(27-54)18-22-56(47(49)62)42(29(3)4)44(59)52-36-24-39-51-37(26-65-39)31-15-16-38-33(23-31)34(43(55(38)10-2)32-13-11-19-50-41(32)30(5)63-8)25-48(6,7)28-64-46(61)35-14-12-20-57(53-35)45(36)60/h9,11,13,15-16,19,23,26,29-30,35-36,42,53H,1,10,12,14,17-18,20-22,24-25,27-28H2,2-8H3,(H,52,59)/t30-,35-,36-,42?,49-/m0/s1. The van der Waals surface area contributed by atoms with Gasteiger partial charge in [0.25, 0.3) is 5.91 Å². The van der Waals surface area contributed by atoms with Crippen molar-refractivity contribution in [3.05, 3.63) is 70.8 Å². The summed E-state index contributed by atoms with van der Waals surface area (Å²) in [5, 5.41) is 8.17. The van der Waals surface area contributed by atoms with E-state index in [0.717, 1.165) is 44.7 Å². The Hall–Kier alpha value is -5.45. The van der Waals surface area contributed by atoms with Crippen LogP contribution in [0.4, 0.5) is 0 Å². The van der Waals surface area contributed by atoms with E-state index < -0.39 is 46.7 Å². The van der Waals surface area contributed by atoms with Crippen LogP contribution >= 0.6 is 11.3 Å². The Kier molecular flexibility index (Phi) is 13.1. The number of methoxy groups -OCH3 is 1. The highest BCUT2D eigenvalue weighted by atomic mass is 32.1. The minimum Gasteiger partial charge on any atom is -0.464 e. The number of hydrogen-bond acceptors (Lipinski definition) is 11. The molecule has 1 aromatic carbocycles. The number of nitrogens with zero attached hydrogens (tertiary/aromatic N) is 6. The second kappa shape index (κ2) is 18.4. The number of aryl methyl sites for hydroxylation is 1. The molecular formula is C49H62N8O7S. The molecule has 4 aliphatic heterocycles. The van der Waals surface area contributed by atoms with E-state index in [1.807, 2.05) is 32.2 Å². The summed E-state index contributed by atoms with van der Waals surface area (Å²) in [4.78, 5) is 83.0. The molecule has 4 amide bonds. The number of esters is 1. The monoisotopic (exact) mass is 906 g/mol. The van der Waals surface area contributed by atoms with Gasteiger partial charge in [-0.15, -0.1) is 11.3 Å². The van der Waals surface area contributed by atoms with Crippen LogP contribution in [0, 0.1) is 16.7 Å². The Morgan fingerprint density at radius 3 is 2.65 bits per heavy atom. The smallest absolute Gasteiger partial charge is 0.324 e. The highest BCUT2D eigenvalue weighted by Gasteiger charge is 2.54. The first-order valence-electron chi connectivity index (χ1n) is 22.9. The molecule has 15 nitrogen and oxygen atoms in total. The molecule has 2 N–H and O–H groups in total. The molecule has 1 spiro atoms. The number of carbonyl (C=O) groups excluding carboxylic acids is 5. The average molecular weight is 907 g/mol. The number of nitrogens with one attached hydrogen (secondary N) is 2. The molecule has 1 unspecified atom stereocenters. The lowest BCUT2D eigenvalue weighted by atomic mass is 9.84. The predicted octanol–water partition coefficient (Wildman–Crippen LogP) is 5.86. The van der Waals surface area contributed by atoms with Gasteiger partial charge in [0, 0.05) is 85.3 Å². The molecule has 346 valence electrons. The fourth-order valence-electron chi connectivity index (χ4n) is 10.3. The molecule has 3 aromatic heterocycles. The van der Waals surface area contributed by atoms with Gasteiger partial charge in [-0.2, -0.15) is 0 Å². The summed E-state index contributed by atoms with van der Waals surface area (Å²) in [7, 11) is 1.69. The van der Waals surface area contributed by atoms with Crippen LogP contribution in [0.2, 0.25) is 0 Å². The number of hydrazine groups is 1. The lowest BCUT2D eigenvalue weighted by Crippen LogP contribution is -2.62. The number of amides is 4. The minimum absolute atomic E-state index is 0.0867. The molecule has 3 fully saturated rings. The Morgan fingerprint density at radius 2 is 1.91 bits per heavy atom. The second-order valence-corrected chi connectivity index (χ2v) is 20.1. The van der Waals surface area contributed by atoms with Crippen LogP contribution in [0.15, 0.2) is 54.6 Å². The van der Waals surface area contributed by atoms with Crippen molar-refractivity contribution >= 4 is 51.8 Å². The molecule has 4 aliphatic rings. The number of cyclic esters (lactones) is 1. The third-order valence-corrected chi connectivity index (χ3v) is 14.6. The van der Waals surface area contributed by atoms with Crippen LogP contribution in [-0.2, 0) is 52.8 Å². The summed E-state index contributed by atoms with van der Waals surface area (Å²) in [6, 6.07) is 7.71.